The van der Waals surface area contributed by atoms with Gasteiger partial charge in [-0.1, -0.05) is 0 Å². The summed E-state index contributed by atoms with van der Waals surface area (Å²) in [6, 6.07) is -1.46. The van der Waals surface area contributed by atoms with Crippen molar-refractivity contribution in [1.82, 2.24) is 0 Å². The van der Waals surface area contributed by atoms with Gasteiger partial charge in [0, 0.05) is 18.4 Å². The molecule has 0 aromatic carbocycles. The number of carbonyl (C=O) groups is 2. The van der Waals surface area contributed by atoms with Gasteiger partial charge >= 0.3 is 39.2 Å². The number of carboxylic acids is 2. The molecule has 0 spiro atoms. The average Bonchev–Trinajstić information content (AvgIpc) is 1.63. The number of aliphatic carboxylic acids is 2. The van der Waals surface area contributed by atoms with E-state index in [-0.39, 0.29) is 39.2 Å². The molecule has 0 radical (unpaired) electrons. The zero-order valence-electron chi connectivity index (χ0n) is 6.20. The summed E-state index contributed by atoms with van der Waals surface area (Å²) in [5.41, 5.74) is 4.73. The molecule has 52 valence electrons. The Labute approximate surface area is 88.7 Å². The van der Waals surface area contributed by atoms with E-state index in [9.17, 15) is 19.8 Å². The van der Waals surface area contributed by atoms with Gasteiger partial charge in [-0.15, -0.1) is 0 Å². The molecule has 0 aromatic heterocycles. The molecule has 0 aromatic rings. The molecule has 6 heteroatoms. The van der Waals surface area contributed by atoms with Gasteiger partial charge in [-0.05, 0) is 0 Å². The van der Waals surface area contributed by atoms with Crippen molar-refractivity contribution in [1.29, 1.82) is 0 Å². The molecule has 2 N–H and O–H groups in total. The van der Waals surface area contributed by atoms with Gasteiger partial charge in [0.15, 0.2) is 0 Å². The van der Waals surface area contributed by atoms with E-state index in [1.807, 2.05) is 0 Å². The molecule has 1 atom stereocenters. The SMILES string of the molecule is NC(CC(=O)[O-])C(=O)[O-].[Ca+2].[H+]. The van der Waals surface area contributed by atoms with Crippen LogP contribution in [0.3, 0.4) is 0 Å². The van der Waals surface area contributed by atoms with Gasteiger partial charge in [0.05, 0.1) is 5.97 Å². The number of carbonyl (C=O) groups excluding carboxylic acids is 2. The molecule has 0 aliphatic carbocycles. The van der Waals surface area contributed by atoms with Crippen LogP contribution in [0.1, 0.15) is 7.85 Å². The molecule has 0 fully saturated rings. The molecule has 0 saturated heterocycles. The van der Waals surface area contributed by atoms with Crippen molar-refractivity contribution in [2.75, 3.05) is 0 Å². The second-order valence-electron chi connectivity index (χ2n) is 1.50. The number of carboxylic acid groups (broad SMARTS) is 2. The van der Waals surface area contributed by atoms with Crippen molar-refractivity contribution in [2.24, 2.45) is 5.73 Å². The van der Waals surface area contributed by atoms with E-state index in [4.69, 9.17) is 5.73 Å². The first kappa shape index (κ1) is 12.8. The molecule has 5 nitrogen and oxygen atoms in total. The summed E-state index contributed by atoms with van der Waals surface area (Å²) in [6.07, 6.45) is -0.706. The van der Waals surface area contributed by atoms with E-state index in [1.54, 1.807) is 0 Å². The Bertz CT molecular complexity index is 142. The standard InChI is InChI=1S/C4H7NO4.Ca/c5-2(4(8)9)1-3(6)7;/h2H,1,5H2,(H,6,7)(H,8,9);/q;+2/p-1. The normalized spacial score (nSPS) is 11.3. The van der Waals surface area contributed by atoms with Crippen LogP contribution in [0, 0.1) is 0 Å². The van der Waals surface area contributed by atoms with Gasteiger partial charge < -0.3 is 25.5 Å². The molecule has 0 amide bonds. The maximum atomic E-state index is 9.71. The average molecular weight is 172 g/mol. The predicted molar refractivity (Wildman–Crippen MR) is 29.5 cm³/mol. The summed E-state index contributed by atoms with van der Waals surface area (Å²) in [7, 11) is 0. The maximum absolute atomic E-state index is 9.71. The topological polar surface area (TPSA) is 106 Å². The Morgan fingerprint density at radius 3 is 2.00 bits per heavy atom. The summed E-state index contributed by atoms with van der Waals surface area (Å²) >= 11 is 0. The van der Waals surface area contributed by atoms with Crippen molar-refractivity contribution in [3.8, 4) is 0 Å². The largest absolute Gasteiger partial charge is 2.00 e. The van der Waals surface area contributed by atoms with Gasteiger partial charge in [-0.3, -0.25) is 0 Å². The Kier molecular flexibility index (Phi) is 7.56. The summed E-state index contributed by atoms with van der Waals surface area (Å²) in [5, 5.41) is 19.3. The third kappa shape index (κ3) is 6.28. The minimum atomic E-state index is -1.58. The van der Waals surface area contributed by atoms with Gasteiger partial charge in [-0.2, -0.15) is 0 Å². The van der Waals surface area contributed by atoms with Crippen LogP contribution < -0.4 is 15.9 Å². The smallest absolute Gasteiger partial charge is 0.550 e. The maximum Gasteiger partial charge on any atom is 2.00 e. The molecule has 0 saturated carbocycles. The number of hydrogen-bond acceptors (Lipinski definition) is 5. The predicted octanol–water partition coefficient (Wildman–Crippen LogP) is -4.06. The summed E-state index contributed by atoms with van der Waals surface area (Å²) in [4.78, 5) is 19.3. The van der Waals surface area contributed by atoms with Crippen LogP contribution in [-0.2, 0) is 9.59 Å². The first-order valence-corrected chi connectivity index (χ1v) is 2.20. The van der Waals surface area contributed by atoms with Crippen LogP contribution in [0.5, 0.6) is 0 Å². The number of rotatable bonds is 3. The molecular weight excluding hydrogens is 166 g/mol. The van der Waals surface area contributed by atoms with Crippen LogP contribution in [-0.4, -0.2) is 55.7 Å². The first-order valence-electron chi connectivity index (χ1n) is 2.20. The van der Waals surface area contributed by atoms with Crippen LogP contribution in [0.2, 0.25) is 0 Å². The number of hydrogen-bond donors (Lipinski definition) is 1. The molecular formula is C4H6CaNO4+. The Balaban J connectivity index is -0.000000320. The minimum Gasteiger partial charge on any atom is -0.550 e. The van der Waals surface area contributed by atoms with Gasteiger partial charge in [-0.25, -0.2) is 0 Å². The quantitative estimate of drug-likeness (QED) is 0.436. The monoisotopic (exact) mass is 172 g/mol. The molecule has 1 unspecified atom stereocenters. The third-order valence-electron chi connectivity index (χ3n) is 0.689. The van der Waals surface area contributed by atoms with E-state index in [1.165, 1.54) is 0 Å². The molecule has 0 bridgehead atoms. The van der Waals surface area contributed by atoms with E-state index >= 15 is 0 Å². The molecule has 0 heterocycles. The first-order chi connectivity index (χ1) is 4.04. The zero-order chi connectivity index (χ0) is 7.44. The van der Waals surface area contributed by atoms with Crippen LogP contribution in [0.25, 0.3) is 0 Å². The molecule has 10 heavy (non-hydrogen) atoms. The minimum absolute atomic E-state index is 0. The number of nitrogens with two attached hydrogens (primary N) is 1. The fourth-order valence-corrected chi connectivity index (χ4v) is 0.263. The van der Waals surface area contributed by atoms with Crippen molar-refractivity contribution < 1.29 is 21.2 Å². The second kappa shape index (κ2) is 5.91. The van der Waals surface area contributed by atoms with Gasteiger partial charge in [0.2, 0.25) is 0 Å². The molecule has 0 aliphatic rings. The van der Waals surface area contributed by atoms with Crippen molar-refractivity contribution in [3.05, 3.63) is 0 Å². The summed E-state index contributed by atoms with van der Waals surface area (Å²) in [6.45, 7) is 0. The van der Waals surface area contributed by atoms with Crippen molar-refractivity contribution >= 4 is 49.7 Å². The van der Waals surface area contributed by atoms with E-state index in [2.05, 4.69) is 0 Å². The van der Waals surface area contributed by atoms with Gasteiger partial charge in [0.25, 0.3) is 0 Å². The van der Waals surface area contributed by atoms with E-state index in [0.717, 1.165) is 0 Å². The fraction of sp³-hybridized carbons (Fsp3) is 0.500. The van der Waals surface area contributed by atoms with Gasteiger partial charge in [0.1, 0.15) is 0 Å². The summed E-state index contributed by atoms with van der Waals surface area (Å²) in [5.74, 6) is -3.08. The van der Waals surface area contributed by atoms with Crippen molar-refractivity contribution in [2.45, 2.75) is 12.5 Å². The van der Waals surface area contributed by atoms with E-state index in [0.29, 0.717) is 0 Å². The Morgan fingerprint density at radius 2 is 1.90 bits per heavy atom. The van der Waals surface area contributed by atoms with Crippen LogP contribution in [0.4, 0.5) is 0 Å². The molecule has 0 rings (SSSR count). The van der Waals surface area contributed by atoms with Crippen molar-refractivity contribution in [3.63, 3.8) is 0 Å². The van der Waals surface area contributed by atoms with Crippen LogP contribution in [0.15, 0.2) is 0 Å². The van der Waals surface area contributed by atoms with Crippen LogP contribution >= 0.6 is 0 Å². The zero-order valence-corrected chi connectivity index (χ0v) is 7.41. The fourth-order valence-electron chi connectivity index (χ4n) is 0.263. The van der Waals surface area contributed by atoms with E-state index < -0.39 is 24.4 Å². The summed E-state index contributed by atoms with van der Waals surface area (Å²) < 4.78 is 0. The molecule has 0 aliphatic heterocycles. The Hall–Kier alpha value is 0.160. The third-order valence-corrected chi connectivity index (χ3v) is 0.689. The Morgan fingerprint density at radius 1 is 1.50 bits per heavy atom. The second-order valence-corrected chi connectivity index (χ2v) is 1.50.